The number of hydrogen-bond donors (Lipinski definition) is 2. The number of carbonyl (C=O) groups is 1. The maximum atomic E-state index is 12.4. The minimum absolute atomic E-state index is 0.0210. The van der Waals surface area contributed by atoms with E-state index in [-0.39, 0.29) is 12.0 Å². The van der Waals surface area contributed by atoms with Crippen LogP contribution in [0, 0.1) is 0 Å². The summed E-state index contributed by atoms with van der Waals surface area (Å²) >= 11 is 0. The Morgan fingerprint density at radius 3 is 2.09 bits per heavy atom. The Balaban J connectivity index is 1.68. The van der Waals surface area contributed by atoms with E-state index in [1.165, 1.54) is 62.9 Å². The van der Waals surface area contributed by atoms with Crippen molar-refractivity contribution in [3.8, 4) is 5.75 Å². The second-order valence-electron chi connectivity index (χ2n) is 9.33. The van der Waals surface area contributed by atoms with Crippen LogP contribution < -0.4 is 15.1 Å². The lowest BCUT2D eigenvalue weighted by molar-refractivity contribution is 0.0953. The van der Waals surface area contributed by atoms with Gasteiger partial charge in [0.15, 0.2) is 0 Å². The van der Waals surface area contributed by atoms with Gasteiger partial charge in [0, 0.05) is 12.1 Å². The van der Waals surface area contributed by atoms with Crippen LogP contribution in [0.3, 0.4) is 0 Å². The van der Waals surface area contributed by atoms with Crippen molar-refractivity contribution in [1.29, 1.82) is 0 Å². The maximum Gasteiger partial charge on any atom is 0.251 e. The molecule has 0 atom stereocenters. The maximum absolute atomic E-state index is 12.4. The van der Waals surface area contributed by atoms with Gasteiger partial charge in [0.2, 0.25) is 0 Å². The summed E-state index contributed by atoms with van der Waals surface area (Å²) in [6.07, 6.45) is 12.9. The van der Waals surface area contributed by atoms with Crippen LogP contribution in [-0.2, 0) is 6.54 Å². The fourth-order valence-electron chi connectivity index (χ4n) is 3.96. The molecule has 0 bridgehead atoms. The molecule has 2 rings (SSSR count). The first-order chi connectivity index (χ1) is 16.5. The second-order valence-corrected chi connectivity index (χ2v) is 9.33. The number of nitrogens with one attached hydrogen (secondary N) is 1. The Kier molecular flexibility index (Phi) is 13.2. The molecule has 0 spiro atoms. The molecule has 0 unspecified atom stereocenters. The number of hydrogen-bond acceptors (Lipinski definition) is 4. The van der Waals surface area contributed by atoms with Crippen molar-refractivity contribution in [3.63, 3.8) is 0 Å². The largest absolute Gasteiger partial charge is 0.489 e. The normalized spacial score (nSPS) is 11.0. The third kappa shape index (κ3) is 10.6. The molecule has 2 aromatic rings. The van der Waals surface area contributed by atoms with E-state index in [1.54, 1.807) is 0 Å². The molecule has 5 nitrogen and oxygen atoms in total. The van der Waals surface area contributed by atoms with Crippen molar-refractivity contribution in [3.05, 3.63) is 59.7 Å². The number of rotatable bonds is 17. The molecule has 0 heterocycles. The zero-order valence-electron chi connectivity index (χ0n) is 21.4. The first-order valence-corrected chi connectivity index (χ1v) is 13.1. The van der Waals surface area contributed by atoms with Crippen molar-refractivity contribution in [2.24, 2.45) is 0 Å². The number of para-hydroxylation sites is 2. The molecule has 188 valence electrons. The highest BCUT2D eigenvalue weighted by molar-refractivity contribution is 5.94. The fraction of sp³-hybridized carbons (Fsp3) is 0.552. The van der Waals surface area contributed by atoms with Crippen LogP contribution in [0.25, 0.3) is 0 Å². The highest BCUT2D eigenvalue weighted by Crippen LogP contribution is 2.29. The molecule has 0 aliphatic carbocycles. The van der Waals surface area contributed by atoms with E-state index in [0.717, 1.165) is 12.0 Å². The number of benzene rings is 2. The van der Waals surface area contributed by atoms with E-state index in [0.29, 0.717) is 30.1 Å². The summed E-state index contributed by atoms with van der Waals surface area (Å²) < 4.78 is 5.79. The monoisotopic (exact) mass is 468 g/mol. The number of carbonyl (C=O) groups excluding carboxylic acids is 1. The summed E-state index contributed by atoms with van der Waals surface area (Å²) in [5, 5.41) is 14.8. The molecular formula is C29H44N2O3. The summed E-state index contributed by atoms with van der Waals surface area (Å²) in [5.74, 6) is 0.599. The first-order valence-electron chi connectivity index (χ1n) is 13.1. The topological polar surface area (TPSA) is 61.8 Å². The lowest BCUT2D eigenvalue weighted by atomic mass is 10.1. The molecule has 0 saturated heterocycles. The average Bonchev–Trinajstić information content (AvgIpc) is 2.82. The number of amides is 1. The molecule has 2 N–H and O–H groups in total. The van der Waals surface area contributed by atoms with Gasteiger partial charge in [-0.05, 0) is 50.1 Å². The van der Waals surface area contributed by atoms with Crippen molar-refractivity contribution in [2.45, 2.75) is 97.6 Å². The van der Waals surface area contributed by atoms with Crippen LogP contribution in [0.5, 0.6) is 5.75 Å². The molecule has 1 amide bonds. The van der Waals surface area contributed by atoms with Gasteiger partial charge in [-0.2, -0.15) is 0 Å². The molecule has 0 saturated carbocycles. The third-order valence-corrected chi connectivity index (χ3v) is 5.87. The van der Waals surface area contributed by atoms with Crippen molar-refractivity contribution < 1.29 is 14.7 Å². The highest BCUT2D eigenvalue weighted by Gasteiger charge is 2.12. The Bertz CT molecular complexity index is 820. The van der Waals surface area contributed by atoms with E-state index in [2.05, 4.69) is 12.2 Å². The molecule has 0 aliphatic rings. The van der Waals surface area contributed by atoms with Gasteiger partial charge >= 0.3 is 0 Å². The summed E-state index contributed by atoms with van der Waals surface area (Å²) in [7, 11) is 0. The van der Waals surface area contributed by atoms with Gasteiger partial charge in [-0.15, -0.1) is 0 Å². The van der Waals surface area contributed by atoms with Crippen LogP contribution in [0.2, 0.25) is 0 Å². The number of unbranched alkanes of at least 4 members (excludes halogenated alkanes) is 9. The van der Waals surface area contributed by atoms with E-state index < -0.39 is 0 Å². The summed E-state index contributed by atoms with van der Waals surface area (Å²) in [6, 6.07) is 14.8. The molecular weight excluding hydrogens is 424 g/mol. The zero-order chi connectivity index (χ0) is 24.6. The average molecular weight is 469 g/mol. The van der Waals surface area contributed by atoms with Gasteiger partial charge in [-0.25, -0.2) is 5.06 Å². The Labute approximate surface area is 206 Å². The van der Waals surface area contributed by atoms with E-state index >= 15 is 0 Å². The second kappa shape index (κ2) is 16.2. The van der Waals surface area contributed by atoms with Crippen LogP contribution in [0.4, 0.5) is 5.69 Å². The Hall–Kier alpha value is -2.53. The lowest BCUT2D eigenvalue weighted by Crippen LogP contribution is -2.24. The van der Waals surface area contributed by atoms with E-state index in [4.69, 9.17) is 4.74 Å². The van der Waals surface area contributed by atoms with Crippen LogP contribution in [0.1, 0.15) is 101 Å². The molecule has 5 heteroatoms. The summed E-state index contributed by atoms with van der Waals surface area (Å²) in [4.78, 5) is 12.4. The zero-order valence-corrected chi connectivity index (χ0v) is 21.4. The first kappa shape index (κ1) is 27.7. The summed E-state index contributed by atoms with van der Waals surface area (Å²) in [5.41, 5.74) is 2.17. The lowest BCUT2D eigenvalue weighted by Gasteiger charge is -2.21. The molecule has 0 aliphatic heterocycles. The molecule has 0 radical (unpaired) electrons. The predicted octanol–water partition coefficient (Wildman–Crippen LogP) is 7.52. The van der Waals surface area contributed by atoms with Crippen LogP contribution >= 0.6 is 0 Å². The minimum Gasteiger partial charge on any atom is -0.489 e. The van der Waals surface area contributed by atoms with Gasteiger partial charge in [0.1, 0.15) is 11.4 Å². The quantitative estimate of drug-likeness (QED) is 0.186. The highest BCUT2D eigenvalue weighted by atomic mass is 16.5. The Morgan fingerprint density at radius 2 is 1.47 bits per heavy atom. The Morgan fingerprint density at radius 1 is 0.882 bits per heavy atom. The van der Waals surface area contributed by atoms with Crippen molar-refractivity contribution in [2.75, 3.05) is 11.6 Å². The predicted molar refractivity (Wildman–Crippen MR) is 141 cm³/mol. The van der Waals surface area contributed by atoms with Gasteiger partial charge < -0.3 is 10.1 Å². The fourth-order valence-corrected chi connectivity index (χ4v) is 3.96. The van der Waals surface area contributed by atoms with Gasteiger partial charge in [0.05, 0.1) is 12.6 Å². The van der Waals surface area contributed by atoms with Gasteiger partial charge in [0.25, 0.3) is 5.91 Å². The van der Waals surface area contributed by atoms with Gasteiger partial charge in [-0.3, -0.25) is 10.0 Å². The smallest absolute Gasteiger partial charge is 0.251 e. The van der Waals surface area contributed by atoms with E-state index in [1.807, 2.05) is 62.4 Å². The molecule has 0 aromatic heterocycles. The number of ether oxygens (including phenoxy) is 1. The third-order valence-electron chi connectivity index (χ3n) is 5.87. The molecule has 0 fully saturated rings. The van der Waals surface area contributed by atoms with Crippen LogP contribution in [0.15, 0.2) is 48.5 Å². The molecule has 34 heavy (non-hydrogen) atoms. The standard InChI is InChI=1S/C29H44N2O3/c1-4-5-6-7-8-9-10-11-12-15-22-30-29(32)26-20-18-25(19-21-26)23-31(33)27-16-13-14-17-28(27)34-24(2)3/h13-14,16-21,24,33H,4-12,15,22-23H2,1-3H3,(H,30,32). The number of nitrogens with zero attached hydrogens (tertiary/aromatic N) is 1. The molecule has 2 aromatic carbocycles. The van der Waals surface area contributed by atoms with Crippen molar-refractivity contribution in [1.82, 2.24) is 5.32 Å². The van der Waals surface area contributed by atoms with Crippen LogP contribution in [-0.4, -0.2) is 23.8 Å². The SMILES string of the molecule is CCCCCCCCCCCCNC(=O)c1ccc(CN(O)c2ccccc2OC(C)C)cc1. The number of hydroxylamine groups is 1. The minimum atomic E-state index is -0.0426. The van der Waals surface area contributed by atoms with E-state index in [9.17, 15) is 10.0 Å². The van der Waals surface area contributed by atoms with Crippen molar-refractivity contribution >= 4 is 11.6 Å². The summed E-state index contributed by atoms with van der Waals surface area (Å²) in [6.45, 7) is 7.19. The number of anilines is 1. The van der Waals surface area contributed by atoms with Gasteiger partial charge in [-0.1, -0.05) is 89.0 Å².